The summed E-state index contributed by atoms with van der Waals surface area (Å²) in [5.41, 5.74) is 8.46. The molecule has 1 aromatic carbocycles. The molecule has 134 valence electrons. The molecule has 1 aliphatic heterocycles. The molecular formula is C18H27N7. The van der Waals surface area contributed by atoms with E-state index >= 15 is 0 Å². The molecule has 2 N–H and O–H groups in total. The molecule has 1 aliphatic rings. The molecule has 3 rings (SSSR count). The van der Waals surface area contributed by atoms with Crippen LogP contribution in [0.2, 0.25) is 0 Å². The molecule has 1 saturated heterocycles. The lowest BCUT2D eigenvalue weighted by Crippen LogP contribution is -2.47. The molecule has 2 heterocycles. The third-order valence-electron chi connectivity index (χ3n) is 4.66. The van der Waals surface area contributed by atoms with Crippen LogP contribution in [0, 0.1) is 6.92 Å². The summed E-state index contributed by atoms with van der Waals surface area (Å²) in [6, 6.07) is 8.80. The number of anilines is 3. The standard InChI is InChI=1S/C18H27N7/c1-13-6-5-7-15(12-13)25-10-8-24(9-11-25)14(2)16-20-17(19)22-18(21-16)23(3)4/h5-7,12,14H,8-11H2,1-4H3,(H2,19,20,21,22). The van der Waals surface area contributed by atoms with E-state index in [-0.39, 0.29) is 12.0 Å². The largest absolute Gasteiger partial charge is 0.369 e. The lowest BCUT2D eigenvalue weighted by atomic mass is 10.1. The maximum Gasteiger partial charge on any atom is 0.229 e. The van der Waals surface area contributed by atoms with E-state index in [1.807, 2.05) is 19.0 Å². The molecule has 7 nitrogen and oxygen atoms in total. The minimum absolute atomic E-state index is 0.114. The van der Waals surface area contributed by atoms with Gasteiger partial charge in [-0.15, -0.1) is 0 Å². The second-order valence-corrected chi connectivity index (χ2v) is 6.78. The second-order valence-electron chi connectivity index (χ2n) is 6.78. The van der Waals surface area contributed by atoms with Gasteiger partial charge in [0, 0.05) is 46.0 Å². The van der Waals surface area contributed by atoms with Crippen LogP contribution in [0.1, 0.15) is 24.4 Å². The molecule has 0 spiro atoms. The average molecular weight is 341 g/mol. The Kier molecular flexibility index (Phi) is 5.03. The van der Waals surface area contributed by atoms with E-state index in [1.165, 1.54) is 11.3 Å². The van der Waals surface area contributed by atoms with Crippen LogP contribution >= 0.6 is 0 Å². The Balaban J connectivity index is 1.68. The monoisotopic (exact) mass is 341 g/mol. The number of aromatic nitrogens is 3. The lowest BCUT2D eigenvalue weighted by molar-refractivity contribution is 0.191. The van der Waals surface area contributed by atoms with Gasteiger partial charge in [0.25, 0.3) is 0 Å². The van der Waals surface area contributed by atoms with E-state index in [0.717, 1.165) is 32.0 Å². The lowest BCUT2D eigenvalue weighted by Gasteiger charge is -2.38. The van der Waals surface area contributed by atoms with Gasteiger partial charge in [0.05, 0.1) is 6.04 Å². The summed E-state index contributed by atoms with van der Waals surface area (Å²) in [5.74, 6) is 1.62. The molecule has 1 aromatic heterocycles. The molecular weight excluding hydrogens is 314 g/mol. The van der Waals surface area contributed by atoms with Crippen molar-refractivity contribution < 1.29 is 0 Å². The van der Waals surface area contributed by atoms with Gasteiger partial charge in [0.15, 0.2) is 5.82 Å². The van der Waals surface area contributed by atoms with Crippen molar-refractivity contribution in [3.63, 3.8) is 0 Å². The van der Waals surface area contributed by atoms with Gasteiger partial charge in [0.1, 0.15) is 0 Å². The molecule has 0 saturated carbocycles. The van der Waals surface area contributed by atoms with Crippen LogP contribution in [0.3, 0.4) is 0 Å². The molecule has 7 heteroatoms. The van der Waals surface area contributed by atoms with Crippen molar-refractivity contribution in [2.24, 2.45) is 0 Å². The maximum atomic E-state index is 5.86. The van der Waals surface area contributed by atoms with Crippen molar-refractivity contribution in [1.29, 1.82) is 0 Å². The van der Waals surface area contributed by atoms with Gasteiger partial charge in [-0.25, -0.2) is 0 Å². The Morgan fingerprint density at radius 2 is 1.80 bits per heavy atom. The summed E-state index contributed by atoms with van der Waals surface area (Å²) in [6.07, 6.45) is 0. The van der Waals surface area contributed by atoms with Gasteiger partial charge in [-0.2, -0.15) is 15.0 Å². The van der Waals surface area contributed by atoms with E-state index < -0.39 is 0 Å². The van der Waals surface area contributed by atoms with Crippen LogP contribution in [-0.4, -0.2) is 60.1 Å². The molecule has 0 bridgehead atoms. The van der Waals surface area contributed by atoms with Gasteiger partial charge >= 0.3 is 0 Å². The summed E-state index contributed by atoms with van der Waals surface area (Å²) in [5, 5.41) is 0. The van der Waals surface area contributed by atoms with Crippen LogP contribution in [0.5, 0.6) is 0 Å². The fourth-order valence-corrected chi connectivity index (χ4v) is 3.14. The number of aryl methyl sites for hydroxylation is 1. The van der Waals surface area contributed by atoms with Crippen molar-refractivity contribution in [2.45, 2.75) is 19.9 Å². The van der Waals surface area contributed by atoms with Crippen LogP contribution in [0.15, 0.2) is 24.3 Å². The Hall–Kier alpha value is -2.41. The fourth-order valence-electron chi connectivity index (χ4n) is 3.14. The van der Waals surface area contributed by atoms with Gasteiger partial charge in [-0.05, 0) is 31.5 Å². The molecule has 1 fully saturated rings. The minimum atomic E-state index is 0.114. The van der Waals surface area contributed by atoms with Crippen LogP contribution < -0.4 is 15.5 Å². The zero-order valence-electron chi connectivity index (χ0n) is 15.5. The number of nitrogen functional groups attached to an aromatic ring is 1. The number of rotatable bonds is 4. The van der Waals surface area contributed by atoms with Gasteiger partial charge in [-0.1, -0.05) is 12.1 Å². The molecule has 0 amide bonds. The molecule has 1 unspecified atom stereocenters. The summed E-state index contributed by atoms with van der Waals surface area (Å²) in [6.45, 7) is 8.20. The first-order valence-electron chi connectivity index (χ1n) is 8.68. The number of piperazine rings is 1. The molecule has 0 aliphatic carbocycles. The van der Waals surface area contributed by atoms with Crippen molar-refractivity contribution in [2.75, 3.05) is 55.8 Å². The Morgan fingerprint density at radius 3 is 2.44 bits per heavy atom. The second kappa shape index (κ2) is 7.23. The van der Waals surface area contributed by atoms with Gasteiger partial charge in [-0.3, -0.25) is 4.90 Å². The minimum Gasteiger partial charge on any atom is -0.369 e. The number of hydrogen-bond acceptors (Lipinski definition) is 7. The Bertz CT molecular complexity index is 723. The normalized spacial score (nSPS) is 16.7. The highest BCUT2D eigenvalue weighted by molar-refractivity contribution is 5.48. The first kappa shape index (κ1) is 17.4. The molecule has 25 heavy (non-hydrogen) atoms. The topological polar surface area (TPSA) is 74.4 Å². The van der Waals surface area contributed by atoms with Gasteiger partial charge in [0.2, 0.25) is 11.9 Å². The third-order valence-corrected chi connectivity index (χ3v) is 4.66. The SMILES string of the molecule is Cc1cccc(N2CCN(C(C)c3nc(N)nc(N(C)C)n3)CC2)c1. The summed E-state index contributed by atoms with van der Waals surface area (Å²) < 4.78 is 0. The predicted octanol–water partition coefficient (Wildman–Crippen LogP) is 1.71. The molecule has 2 aromatic rings. The third kappa shape index (κ3) is 3.99. The summed E-state index contributed by atoms with van der Waals surface area (Å²) >= 11 is 0. The fraction of sp³-hybridized carbons (Fsp3) is 0.500. The number of nitrogens with zero attached hydrogens (tertiary/aromatic N) is 6. The highest BCUT2D eigenvalue weighted by Crippen LogP contribution is 2.23. The highest BCUT2D eigenvalue weighted by Gasteiger charge is 2.25. The number of nitrogens with two attached hydrogens (primary N) is 1. The first-order chi connectivity index (χ1) is 11.9. The van der Waals surface area contributed by atoms with E-state index in [1.54, 1.807) is 0 Å². The Morgan fingerprint density at radius 1 is 1.08 bits per heavy atom. The average Bonchev–Trinajstić information content (AvgIpc) is 2.60. The molecule has 0 radical (unpaired) electrons. The van der Waals surface area contributed by atoms with Crippen molar-refractivity contribution >= 4 is 17.6 Å². The Labute approximate surface area is 149 Å². The van der Waals surface area contributed by atoms with E-state index in [0.29, 0.717) is 5.95 Å². The summed E-state index contributed by atoms with van der Waals surface area (Å²) in [7, 11) is 3.81. The smallest absolute Gasteiger partial charge is 0.229 e. The van der Waals surface area contributed by atoms with Crippen molar-refractivity contribution in [1.82, 2.24) is 19.9 Å². The summed E-state index contributed by atoms with van der Waals surface area (Å²) in [4.78, 5) is 19.8. The van der Waals surface area contributed by atoms with Crippen LogP contribution in [0.25, 0.3) is 0 Å². The van der Waals surface area contributed by atoms with E-state index in [2.05, 4.69) is 62.9 Å². The number of benzene rings is 1. The van der Waals surface area contributed by atoms with Crippen LogP contribution in [0.4, 0.5) is 17.6 Å². The van der Waals surface area contributed by atoms with E-state index in [9.17, 15) is 0 Å². The quantitative estimate of drug-likeness (QED) is 0.907. The zero-order valence-corrected chi connectivity index (χ0v) is 15.5. The van der Waals surface area contributed by atoms with Crippen molar-refractivity contribution in [3.8, 4) is 0 Å². The molecule has 1 atom stereocenters. The van der Waals surface area contributed by atoms with E-state index in [4.69, 9.17) is 5.73 Å². The number of hydrogen-bond donors (Lipinski definition) is 1. The zero-order chi connectivity index (χ0) is 18.0. The van der Waals surface area contributed by atoms with Crippen LogP contribution in [-0.2, 0) is 0 Å². The highest BCUT2D eigenvalue weighted by atomic mass is 15.3. The first-order valence-corrected chi connectivity index (χ1v) is 8.68. The predicted molar refractivity (Wildman–Crippen MR) is 102 cm³/mol. The maximum absolute atomic E-state index is 5.86. The van der Waals surface area contributed by atoms with Gasteiger partial charge < -0.3 is 15.5 Å². The van der Waals surface area contributed by atoms with Crippen molar-refractivity contribution in [3.05, 3.63) is 35.7 Å².